The second-order valence-electron chi connectivity index (χ2n) is 10.1. The Morgan fingerprint density at radius 2 is 1.38 bits per heavy atom. The van der Waals surface area contributed by atoms with Crippen molar-refractivity contribution in [3.05, 3.63) is 87.2 Å². The molecule has 0 saturated carbocycles. The molecule has 1 saturated heterocycles. The molecule has 4 rings (SSSR count). The van der Waals surface area contributed by atoms with Crippen molar-refractivity contribution >= 4 is 0 Å². The lowest BCUT2D eigenvalue weighted by atomic mass is 9.91. The zero-order valence-electron chi connectivity index (χ0n) is 21.6. The third kappa shape index (κ3) is 5.90. The van der Waals surface area contributed by atoms with Gasteiger partial charge in [0.25, 0.3) is 0 Å². The predicted octanol–water partition coefficient (Wildman–Crippen LogP) is 9.33. The molecule has 0 spiro atoms. The van der Waals surface area contributed by atoms with E-state index in [9.17, 15) is 17.6 Å². The number of hydrogen-bond acceptors (Lipinski definition) is 2. The van der Waals surface area contributed by atoms with Gasteiger partial charge in [-0.1, -0.05) is 19.1 Å². The first-order valence-corrected chi connectivity index (χ1v) is 12.2. The van der Waals surface area contributed by atoms with Crippen LogP contribution in [0.2, 0.25) is 0 Å². The van der Waals surface area contributed by atoms with Crippen molar-refractivity contribution in [1.29, 1.82) is 0 Å². The van der Waals surface area contributed by atoms with Crippen LogP contribution in [0.25, 0.3) is 11.1 Å². The summed E-state index contributed by atoms with van der Waals surface area (Å²) in [6.45, 7) is 6.28. The number of hydrogen-bond donors (Lipinski definition) is 0. The molecule has 0 amide bonds. The van der Waals surface area contributed by atoms with Gasteiger partial charge in [-0.25, -0.2) is 13.2 Å². The number of ether oxygens (including phenoxy) is 2. The minimum absolute atomic E-state index is 0.0145. The summed E-state index contributed by atoms with van der Waals surface area (Å²) in [5.74, 6) is -4.41. The number of rotatable bonds is 5. The van der Waals surface area contributed by atoms with Gasteiger partial charge in [-0.15, -0.1) is 0 Å². The van der Waals surface area contributed by atoms with Crippen LogP contribution in [0.15, 0.2) is 36.4 Å². The summed E-state index contributed by atoms with van der Waals surface area (Å²) >= 11 is 0. The largest absolute Gasteiger partial charge is 0.429 e. The van der Waals surface area contributed by atoms with Crippen molar-refractivity contribution in [2.45, 2.75) is 58.9 Å². The molecule has 210 valence electrons. The first kappa shape index (κ1) is 28.9. The number of alkyl halides is 5. The van der Waals surface area contributed by atoms with Crippen LogP contribution in [0.1, 0.15) is 59.3 Å². The SMILES string of the molecule is Cc1cc(C2CCC(C)CO2)cc(F)c1-c1cc(C)c(C(F)(F)Oc2cc(C)c(C(F)(F)F)c(F)c2)c(F)c1. The van der Waals surface area contributed by atoms with Gasteiger partial charge in [0.05, 0.1) is 11.7 Å². The average Bonchev–Trinajstić information content (AvgIpc) is 2.76. The van der Waals surface area contributed by atoms with Crippen molar-refractivity contribution in [2.24, 2.45) is 5.92 Å². The number of aryl methyl sites for hydroxylation is 3. The van der Waals surface area contributed by atoms with Gasteiger partial charge in [0.2, 0.25) is 0 Å². The van der Waals surface area contributed by atoms with E-state index in [4.69, 9.17) is 4.74 Å². The molecule has 0 radical (unpaired) electrons. The molecule has 1 aliphatic heterocycles. The molecule has 1 aliphatic rings. The Hall–Kier alpha value is -3.14. The maximum atomic E-state index is 15.2. The second kappa shape index (κ2) is 10.4. The van der Waals surface area contributed by atoms with Crippen molar-refractivity contribution < 1.29 is 44.6 Å². The fourth-order valence-electron chi connectivity index (χ4n) is 5.05. The summed E-state index contributed by atoms with van der Waals surface area (Å²) in [6, 6.07) is 5.68. The van der Waals surface area contributed by atoms with E-state index < -0.39 is 52.2 Å². The summed E-state index contributed by atoms with van der Waals surface area (Å²) < 4.78 is 124. The highest BCUT2D eigenvalue weighted by Crippen LogP contribution is 2.42. The maximum absolute atomic E-state index is 15.2. The molecular formula is C29H26F8O2. The van der Waals surface area contributed by atoms with Gasteiger partial charge in [-0.2, -0.15) is 22.0 Å². The van der Waals surface area contributed by atoms with Crippen LogP contribution >= 0.6 is 0 Å². The highest BCUT2D eigenvalue weighted by Gasteiger charge is 2.41. The van der Waals surface area contributed by atoms with Crippen LogP contribution in [-0.4, -0.2) is 6.61 Å². The zero-order chi connectivity index (χ0) is 28.9. The summed E-state index contributed by atoms with van der Waals surface area (Å²) in [4.78, 5) is 0. The van der Waals surface area contributed by atoms with E-state index in [0.29, 0.717) is 29.7 Å². The van der Waals surface area contributed by atoms with Crippen LogP contribution in [0, 0.1) is 44.1 Å². The first-order chi connectivity index (χ1) is 18.1. The second-order valence-corrected chi connectivity index (χ2v) is 10.1. The van der Waals surface area contributed by atoms with E-state index >= 15 is 17.6 Å². The van der Waals surface area contributed by atoms with Gasteiger partial charge >= 0.3 is 12.3 Å². The molecule has 10 heteroatoms. The minimum Gasteiger partial charge on any atom is -0.429 e. The van der Waals surface area contributed by atoms with Crippen molar-refractivity contribution in [3.63, 3.8) is 0 Å². The molecule has 1 heterocycles. The van der Waals surface area contributed by atoms with Crippen LogP contribution in [0.5, 0.6) is 5.75 Å². The molecule has 0 aromatic heterocycles. The minimum atomic E-state index is -5.04. The lowest BCUT2D eigenvalue weighted by molar-refractivity contribution is -0.188. The van der Waals surface area contributed by atoms with Crippen LogP contribution in [-0.2, 0) is 17.0 Å². The van der Waals surface area contributed by atoms with E-state index in [2.05, 4.69) is 11.7 Å². The monoisotopic (exact) mass is 558 g/mol. The molecule has 2 unspecified atom stereocenters. The molecule has 0 bridgehead atoms. The van der Waals surface area contributed by atoms with Gasteiger partial charge in [0.15, 0.2) is 0 Å². The third-order valence-electron chi connectivity index (χ3n) is 6.84. The fraction of sp³-hybridized carbons (Fsp3) is 0.379. The normalized spacial score (nSPS) is 18.4. The smallest absolute Gasteiger partial charge is 0.429 e. The lowest BCUT2D eigenvalue weighted by Gasteiger charge is -2.28. The fourth-order valence-corrected chi connectivity index (χ4v) is 5.05. The predicted molar refractivity (Wildman–Crippen MR) is 129 cm³/mol. The third-order valence-corrected chi connectivity index (χ3v) is 6.84. The quantitative estimate of drug-likeness (QED) is 0.291. The highest BCUT2D eigenvalue weighted by atomic mass is 19.4. The molecule has 3 aromatic rings. The molecule has 0 N–H and O–H groups in total. The van der Waals surface area contributed by atoms with Gasteiger partial charge in [0, 0.05) is 18.2 Å². The standard InChI is InChI=1S/C29H26F8O2/c1-14-5-6-24(38-13-14)18-7-15(2)25(21(30)10-18)19-8-16(3)27(22(31)11-19)29(36,37)39-20-9-17(4)26(23(32)12-20)28(33,34)35/h7-12,14,24H,5-6,13H2,1-4H3. The Labute approximate surface area is 220 Å². The Morgan fingerprint density at radius 1 is 0.744 bits per heavy atom. The Morgan fingerprint density at radius 3 is 1.92 bits per heavy atom. The van der Waals surface area contributed by atoms with Gasteiger partial charge < -0.3 is 9.47 Å². The maximum Gasteiger partial charge on any atom is 0.429 e. The number of benzene rings is 3. The summed E-state index contributed by atoms with van der Waals surface area (Å²) in [7, 11) is 0. The van der Waals surface area contributed by atoms with Crippen molar-refractivity contribution in [2.75, 3.05) is 6.61 Å². The molecule has 2 atom stereocenters. The summed E-state index contributed by atoms with van der Waals surface area (Å²) in [5, 5.41) is 0. The highest BCUT2D eigenvalue weighted by molar-refractivity contribution is 5.70. The van der Waals surface area contributed by atoms with E-state index in [1.54, 1.807) is 13.0 Å². The van der Waals surface area contributed by atoms with E-state index in [1.165, 1.54) is 6.07 Å². The molecule has 1 fully saturated rings. The van der Waals surface area contributed by atoms with Gasteiger partial charge in [0.1, 0.15) is 28.8 Å². The van der Waals surface area contributed by atoms with Crippen LogP contribution in [0.3, 0.4) is 0 Å². The summed E-state index contributed by atoms with van der Waals surface area (Å²) in [5.41, 5.74) is -2.66. The van der Waals surface area contributed by atoms with Gasteiger partial charge in [-0.05, 0) is 85.5 Å². The average molecular weight is 559 g/mol. The van der Waals surface area contributed by atoms with Crippen molar-refractivity contribution in [3.8, 4) is 16.9 Å². The lowest BCUT2D eigenvalue weighted by Crippen LogP contribution is -2.25. The van der Waals surface area contributed by atoms with E-state index in [0.717, 1.165) is 38.8 Å². The Bertz CT molecular complexity index is 1320. The first-order valence-electron chi connectivity index (χ1n) is 12.2. The van der Waals surface area contributed by atoms with E-state index in [1.807, 2.05) is 0 Å². The van der Waals surface area contributed by atoms with Gasteiger partial charge in [-0.3, -0.25) is 0 Å². The Kier molecular flexibility index (Phi) is 7.73. The van der Waals surface area contributed by atoms with Crippen molar-refractivity contribution in [1.82, 2.24) is 0 Å². The molecular weight excluding hydrogens is 532 g/mol. The molecule has 2 nitrogen and oxygen atoms in total. The Balaban J connectivity index is 1.66. The topological polar surface area (TPSA) is 18.5 Å². The summed E-state index contributed by atoms with van der Waals surface area (Å²) in [6.07, 6.45) is -8.05. The zero-order valence-corrected chi connectivity index (χ0v) is 21.6. The molecule has 39 heavy (non-hydrogen) atoms. The molecule has 0 aliphatic carbocycles. The van der Waals surface area contributed by atoms with E-state index in [-0.39, 0.29) is 28.9 Å². The van der Waals surface area contributed by atoms with Crippen LogP contribution < -0.4 is 4.74 Å². The number of halogens is 8. The van der Waals surface area contributed by atoms with Crippen LogP contribution in [0.4, 0.5) is 35.1 Å². The molecule has 3 aromatic carbocycles.